The van der Waals surface area contributed by atoms with Crippen molar-refractivity contribution in [3.8, 4) is 11.5 Å². The van der Waals surface area contributed by atoms with Gasteiger partial charge < -0.3 is 20.1 Å². The molecule has 0 heterocycles. The number of nitrogens with zero attached hydrogens (tertiary/aromatic N) is 1. The number of rotatable bonds is 5. The summed E-state index contributed by atoms with van der Waals surface area (Å²) < 4.78 is 10.8. The monoisotopic (exact) mass is 282 g/mol. The molecule has 2 N–H and O–H groups in total. The van der Waals surface area contributed by atoms with Crippen molar-refractivity contribution in [2.75, 3.05) is 21.2 Å². The van der Waals surface area contributed by atoms with Crippen LogP contribution in [0.5, 0.6) is 11.5 Å². The molecule has 1 rings (SSSR count). The second-order valence-corrected chi connectivity index (χ2v) is 4.66. The van der Waals surface area contributed by atoms with Gasteiger partial charge >= 0.3 is 0 Å². The van der Waals surface area contributed by atoms with Crippen LogP contribution in [0.15, 0.2) is 18.2 Å². The predicted octanol–water partition coefficient (Wildman–Crippen LogP) is 1.18. The molecule has 0 spiro atoms. The van der Waals surface area contributed by atoms with Crippen LogP contribution in [0.2, 0.25) is 0 Å². The number of likely N-dealkylation sites (N-methyl/N-ethyl adjacent to an activating group) is 1. The molecule has 1 unspecified atom stereocenters. The average molecular weight is 282 g/mol. The van der Waals surface area contributed by atoms with Gasteiger partial charge in [-0.05, 0) is 25.1 Å². The second kappa shape index (κ2) is 6.38. The molecule has 0 saturated carbocycles. The van der Waals surface area contributed by atoms with E-state index in [0.717, 1.165) is 0 Å². The molecule has 0 bridgehead atoms. The number of carbonyl (C=O) groups is 1. The first-order valence-electron chi connectivity index (χ1n) is 5.72. The third kappa shape index (κ3) is 3.82. The number of nitrogens with two attached hydrogens (primary N) is 1. The van der Waals surface area contributed by atoms with Gasteiger partial charge in [0.15, 0.2) is 17.6 Å². The molecule has 19 heavy (non-hydrogen) atoms. The van der Waals surface area contributed by atoms with Crippen molar-refractivity contribution in [2.24, 2.45) is 5.73 Å². The van der Waals surface area contributed by atoms with Crippen LogP contribution in [0.3, 0.4) is 0 Å². The van der Waals surface area contributed by atoms with Crippen LogP contribution < -0.4 is 15.2 Å². The lowest BCUT2D eigenvalue weighted by molar-refractivity contribution is -0.135. The van der Waals surface area contributed by atoms with Gasteiger partial charge in [0.25, 0.3) is 5.91 Å². The van der Waals surface area contributed by atoms with Gasteiger partial charge in [-0.15, -0.1) is 0 Å². The summed E-state index contributed by atoms with van der Waals surface area (Å²) >= 11 is 4.90. The molecule has 1 amide bonds. The number of hydrogen-bond acceptors (Lipinski definition) is 4. The maximum Gasteiger partial charge on any atom is 0.262 e. The summed E-state index contributed by atoms with van der Waals surface area (Å²) in [6, 6.07) is 5.10. The van der Waals surface area contributed by atoms with E-state index in [2.05, 4.69) is 0 Å². The summed E-state index contributed by atoms with van der Waals surface area (Å²) in [6.07, 6.45) is -0.598. The molecule has 0 saturated heterocycles. The largest absolute Gasteiger partial charge is 0.493 e. The Hall–Kier alpha value is -1.82. The Bertz CT molecular complexity index is 489. The molecular weight excluding hydrogens is 264 g/mol. The SMILES string of the molecule is COc1cc(C(N)=S)ccc1OC(C)C(=O)N(C)C. The Kier molecular flexibility index (Phi) is 5.11. The van der Waals surface area contributed by atoms with E-state index in [-0.39, 0.29) is 10.9 Å². The van der Waals surface area contributed by atoms with Gasteiger partial charge in [-0.25, -0.2) is 0 Å². The third-order valence-corrected chi connectivity index (χ3v) is 2.78. The molecule has 6 heteroatoms. The molecule has 5 nitrogen and oxygen atoms in total. The van der Waals surface area contributed by atoms with E-state index in [9.17, 15) is 4.79 Å². The van der Waals surface area contributed by atoms with Gasteiger partial charge in [0.1, 0.15) is 4.99 Å². The molecule has 0 aliphatic rings. The summed E-state index contributed by atoms with van der Waals surface area (Å²) in [5.74, 6) is 0.842. The minimum absolute atomic E-state index is 0.125. The highest BCUT2D eigenvalue weighted by atomic mass is 32.1. The topological polar surface area (TPSA) is 64.8 Å². The van der Waals surface area contributed by atoms with Crippen LogP contribution in [0.25, 0.3) is 0 Å². The molecule has 0 aromatic heterocycles. The van der Waals surface area contributed by atoms with Crippen molar-refractivity contribution in [3.05, 3.63) is 23.8 Å². The minimum Gasteiger partial charge on any atom is -0.493 e. The van der Waals surface area contributed by atoms with Crippen molar-refractivity contribution in [3.63, 3.8) is 0 Å². The fourth-order valence-corrected chi connectivity index (χ4v) is 1.65. The van der Waals surface area contributed by atoms with E-state index in [0.29, 0.717) is 17.1 Å². The van der Waals surface area contributed by atoms with Gasteiger partial charge in [-0.2, -0.15) is 0 Å². The summed E-state index contributed by atoms with van der Waals surface area (Å²) in [4.78, 5) is 13.5. The van der Waals surface area contributed by atoms with Crippen LogP contribution in [0.4, 0.5) is 0 Å². The first kappa shape index (κ1) is 15.2. The fourth-order valence-electron chi connectivity index (χ4n) is 1.52. The number of hydrogen-bond donors (Lipinski definition) is 1. The summed E-state index contributed by atoms with van der Waals surface area (Å²) in [5, 5.41) is 0. The normalized spacial score (nSPS) is 11.6. The van der Waals surface area contributed by atoms with E-state index in [4.69, 9.17) is 27.4 Å². The predicted molar refractivity (Wildman–Crippen MR) is 77.7 cm³/mol. The average Bonchev–Trinajstić information content (AvgIpc) is 2.37. The smallest absolute Gasteiger partial charge is 0.262 e. The molecule has 1 atom stereocenters. The summed E-state index contributed by atoms with van der Waals surface area (Å²) in [7, 11) is 4.87. The Morgan fingerprint density at radius 3 is 2.47 bits per heavy atom. The van der Waals surface area contributed by atoms with Crippen LogP contribution >= 0.6 is 12.2 Å². The quantitative estimate of drug-likeness (QED) is 0.822. The summed E-state index contributed by atoms with van der Waals surface area (Å²) in [6.45, 7) is 1.68. The van der Waals surface area contributed by atoms with Crippen molar-refractivity contribution < 1.29 is 14.3 Å². The molecule has 0 radical (unpaired) electrons. The van der Waals surface area contributed by atoms with E-state index in [1.165, 1.54) is 12.0 Å². The minimum atomic E-state index is -0.598. The zero-order chi connectivity index (χ0) is 14.6. The molecule has 1 aromatic rings. The molecule has 0 aliphatic heterocycles. The lowest BCUT2D eigenvalue weighted by atomic mass is 10.2. The Balaban J connectivity index is 2.95. The zero-order valence-corrected chi connectivity index (χ0v) is 12.3. The first-order valence-corrected chi connectivity index (χ1v) is 6.13. The Morgan fingerprint density at radius 1 is 1.37 bits per heavy atom. The standard InChI is InChI=1S/C13H18N2O3S/c1-8(13(16)15(2)3)18-10-6-5-9(12(14)19)7-11(10)17-4/h5-8H,1-4H3,(H2,14,19). The van der Waals surface area contributed by atoms with Gasteiger partial charge in [0.05, 0.1) is 7.11 Å². The van der Waals surface area contributed by atoms with Crippen molar-refractivity contribution in [1.29, 1.82) is 0 Å². The van der Waals surface area contributed by atoms with Crippen molar-refractivity contribution in [1.82, 2.24) is 4.90 Å². The van der Waals surface area contributed by atoms with Crippen molar-refractivity contribution in [2.45, 2.75) is 13.0 Å². The highest BCUT2D eigenvalue weighted by Gasteiger charge is 2.18. The van der Waals surface area contributed by atoms with Crippen molar-refractivity contribution >= 4 is 23.1 Å². The third-order valence-electron chi connectivity index (χ3n) is 2.54. The first-order chi connectivity index (χ1) is 8.86. The highest BCUT2D eigenvalue weighted by Crippen LogP contribution is 2.29. The van der Waals surface area contributed by atoms with Crippen LogP contribution in [-0.4, -0.2) is 43.1 Å². The van der Waals surface area contributed by atoms with Gasteiger partial charge in [-0.3, -0.25) is 4.79 Å². The van der Waals surface area contributed by atoms with E-state index in [1.54, 1.807) is 39.2 Å². The number of ether oxygens (including phenoxy) is 2. The van der Waals surface area contributed by atoms with Crippen LogP contribution in [-0.2, 0) is 4.79 Å². The highest BCUT2D eigenvalue weighted by molar-refractivity contribution is 7.80. The van der Waals surface area contributed by atoms with E-state index < -0.39 is 6.10 Å². The maximum absolute atomic E-state index is 11.7. The van der Waals surface area contributed by atoms with E-state index >= 15 is 0 Å². The molecule has 104 valence electrons. The Morgan fingerprint density at radius 2 is 2.00 bits per heavy atom. The number of amides is 1. The maximum atomic E-state index is 11.7. The van der Waals surface area contributed by atoms with Crippen LogP contribution in [0.1, 0.15) is 12.5 Å². The number of carbonyl (C=O) groups excluding carboxylic acids is 1. The van der Waals surface area contributed by atoms with E-state index in [1.807, 2.05) is 0 Å². The van der Waals surface area contributed by atoms with Crippen LogP contribution in [0, 0.1) is 0 Å². The number of thiocarbonyl (C=S) groups is 1. The second-order valence-electron chi connectivity index (χ2n) is 4.22. The number of methoxy groups -OCH3 is 1. The lowest BCUT2D eigenvalue weighted by Crippen LogP contribution is -2.35. The van der Waals surface area contributed by atoms with Gasteiger partial charge in [-0.1, -0.05) is 12.2 Å². The summed E-state index contributed by atoms with van der Waals surface area (Å²) in [5.41, 5.74) is 6.24. The molecule has 0 aliphatic carbocycles. The lowest BCUT2D eigenvalue weighted by Gasteiger charge is -2.19. The van der Waals surface area contributed by atoms with Gasteiger partial charge in [0.2, 0.25) is 0 Å². The zero-order valence-electron chi connectivity index (χ0n) is 11.5. The van der Waals surface area contributed by atoms with Gasteiger partial charge in [0, 0.05) is 19.7 Å². The fraction of sp³-hybridized carbons (Fsp3) is 0.385. The molecule has 1 aromatic carbocycles. The molecule has 0 fully saturated rings. The molecular formula is C13H18N2O3S. The Labute approximate surface area is 118 Å². The number of benzene rings is 1.